The Hall–Kier alpha value is -7.67. The van der Waals surface area contributed by atoms with Crippen molar-refractivity contribution in [3.8, 4) is 78.4 Å². The molecule has 0 bridgehead atoms. The zero-order valence-electron chi connectivity index (χ0n) is 30.9. The van der Waals surface area contributed by atoms with E-state index >= 15 is 0 Å². The maximum absolute atomic E-state index is 8.19. The van der Waals surface area contributed by atoms with E-state index in [4.69, 9.17) is 16.5 Å². The minimum atomic E-state index is -0.535. The molecule has 0 amide bonds. The van der Waals surface area contributed by atoms with Crippen molar-refractivity contribution >= 4 is 5.69 Å². The molecule has 0 fully saturated rings. The van der Waals surface area contributed by atoms with Crippen molar-refractivity contribution in [1.29, 1.82) is 0 Å². The van der Waals surface area contributed by atoms with E-state index in [1.807, 2.05) is 36.4 Å². The number of rotatable bonds is 5. The molecule has 2 aliphatic rings. The number of hydrogen-bond donors (Lipinski definition) is 0. The molecule has 0 N–H and O–H groups in total. The summed E-state index contributed by atoms with van der Waals surface area (Å²) in [4.78, 5) is 14.4. The topological polar surface area (TPSA) is 30.1 Å². The Bertz CT molecular complexity index is 3040. The third kappa shape index (κ3) is 5.05. The van der Waals surface area contributed by atoms with Crippen molar-refractivity contribution in [2.75, 3.05) is 0 Å². The minimum Gasteiger partial charge on any atom is -0.238 e. The smallest absolute Gasteiger partial charge is 0.195 e. The summed E-state index contributed by atoms with van der Waals surface area (Å²) in [6, 6.07) is 70.7. The molecule has 0 saturated heterocycles. The number of aromatic nitrogens is 2. The van der Waals surface area contributed by atoms with E-state index in [2.05, 4.69) is 169 Å². The highest BCUT2D eigenvalue weighted by molar-refractivity contribution is 5.99. The standard InChI is InChI=1S/C54H33N3/c1-55-49-28-14-27-47-52(49)44-30-29-39(33-48(44)54(47)45-25-10-8-23-42(45)43-24-9-11-26-46(43)54)38-20-13-22-41(32-38)51-34-50(56-53(57-51)36-17-6-3-7-18-36)40-21-12-19-37(31-40)35-15-4-2-5-16-35/h2-34H. The average Bonchev–Trinajstić information content (AvgIpc) is 3.77. The van der Waals surface area contributed by atoms with Gasteiger partial charge in [-0.05, 0) is 91.0 Å². The van der Waals surface area contributed by atoms with Gasteiger partial charge in [0.25, 0.3) is 0 Å². The summed E-state index contributed by atoms with van der Waals surface area (Å²) in [5.41, 5.74) is 19.0. The molecule has 0 aliphatic heterocycles. The van der Waals surface area contributed by atoms with Gasteiger partial charge in [0, 0.05) is 16.7 Å². The summed E-state index contributed by atoms with van der Waals surface area (Å²) in [6.07, 6.45) is 0. The second kappa shape index (κ2) is 13.0. The SMILES string of the molecule is [C-]#[N+]c1cccc2c1-c1ccc(-c3cccc(-c4cc(-c5cccc(-c6ccccc6)c5)nc(-c5ccccc5)n4)c3)cc1C21c2ccccc2-c2ccccc21. The Balaban J connectivity index is 1.08. The highest BCUT2D eigenvalue weighted by Crippen LogP contribution is 2.64. The molecule has 1 heterocycles. The van der Waals surface area contributed by atoms with Crippen LogP contribution in [0.25, 0.3) is 83.3 Å². The van der Waals surface area contributed by atoms with E-state index in [0.717, 1.165) is 55.9 Å². The first-order valence-electron chi connectivity index (χ1n) is 19.3. The van der Waals surface area contributed by atoms with Crippen molar-refractivity contribution in [2.45, 2.75) is 5.41 Å². The highest BCUT2D eigenvalue weighted by Gasteiger charge is 2.52. The first-order valence-corrected chi connectivity index (χ1v) is 19.3. The van der Waals surface area contributed by atoms with Crippen molar-refractivity contribution in [2.24, 2.45) is 0 Å². The number of benzene rings is 8. The van der Waals surface area contributed by atoms with Crippen LogP contribution in [0.2, 0.25) is 0 Å². The molecule has 1 aromatic heterocycles. The van der Waals surface area contributed by atoms with E-state index in [-0.39, 0.29) is 0 Å². The number of hydrogen-bond acceptors (Lipinski definition) is 2. The Morgan fingerprint density at radius 2 is 0.842 bits per heavy atom. The summed E-state index contributed by atoms with van der Waals surface area (Å²) in [6.45, 7) is 8.19. The minimum absolute atomic E-state index is 0.535. The van der Waals surface area contributed by atoms with Gasteiger partial charge in [0.15, 0.2) is 11.5 Å². The molecule has 3 nitrogen and oxygen atoms in total. The van der Waals surface area contributed by atoms with Crippen molar-refractivity contribution in [1.82, 2.24) is 9.97 Å². The Kier molecular flexibility index (Phi) is 7.45. The van der Waals surface area contributed by atoms with Crippen LogP contribution >= 0.6 is 0 Å². The molecule has 1 spiro atoms. The second-order valence-electron chi connectivity index (χ2n) is 14.8. The summed E-state index contributed by atoms with van der Waals surface area (Å²) in [5, 5.41) is 0. The van der Waals surface area contributed by atoms with Crippen LogP contribution in [-0.2, 0) is 5.41 Å². The highest BCUT2D eigenvalue weighted by atomic mass is 14.9. The van der Waals surface area contributed by atoms with Crippen LogP contribution in [0.5, 0.6) is 0 Å². The Morgan fingerprint density at radius 3 is 1.47 bits per heavy atom. The molecular formula is C54H33N3. The molecule has 9 aromatic rings. The van der Waals surface area contributed by atoms with E-state index in [1.54, 1.807) is 0 Å². The fraction of sp³-hybridized carbons (Fsp3) is 0.0185. The van der Waals surface area contributed by atoms with E-state index < -0.39 is 5.41 Å². The summed E-state index contributed by atoms with van der Waals surface area (Å²) < 4.78 is 0. The maximum atomic E-state index is 8.19. The molecular weight excluding hydrogens is 691 g/mol. The lowest BCUT2D eigenvalue weighted by atomic mass is 9.70. The third-order valence-corrected chi connectivity index (χ3v) is 11.7. The van der Waals surface area contributed by atoms with Gasteiger partial charge >= 0.3 is 0 Å². The van der Waals surface area contributed by atoms with Crippen LogP contribution in [-0.4, -0.2) is 9.97 Å². The van der Waals surface area contributed by atoms with Gasteiger partial charge in [0.05, 0.1) is 23.4 Å². The monoisotopic (exact) mass is 723 g/mol. The van der Waals surface area contributed by atoms with E-state index in [1.165, 1.54) is 38.9 Å². The van der Waals surface area contributed by atoms with Crippen molar-refractivity contribution < 1.29 is 0 Å². The molecule has 8 aromatic carbocycles. The largest absolute Gasteiger partial charge is 0.238 e. The summed E-state index contributed by atoms with van der Waals surface area (Å²) >= 11 is 0. The quantitative estimate of drug-likeness (QED) is 0.166. The zero-order chi connectivity index (χ0) is 37.9. The van der Waals surface area contributed by atoms with Crippen LogP contribution in [0.1, 0.15) is 22.3 Å². The van der Waals surface area contributed by atoms with Crippen LogP contribution in [0.15, 0.2) is 200 Å². The predicted octanol–water partition coefficient (Wildman–Crippen LogP) is 13.7. The molecule has 3 heteroatoms. The van der Waals surface area contributed by atoms with Gasteiger partial charge in [0.1, 0.15) is 0 Å². The number of nitrogens with zero attached hydrogens (tertiary/aromatic N) is 3. The van der Waals surface area contributed by atoms with E-state index in [9.17, 15) is 0 Å². The Morgan fingerprint density at radius 1 is 0.351 bits per heavy atom. The zero-order valence-corrected chi connectivity index (χ0v) is 30.9. The predicted molar refractivity (Wildman–Crippen MR) is 232 cm³/mol. The molecule has 0 saturated carbocycles. The van der Waals surface area contributed by atoms with Crippen LogP contribution in [0.4, 0.5) is 5.69 Å². The molecule has 2 aliphatic carbocycles. The normalized spacial score (nSPS) is 12.7. The van der Waals surface area contributed by atoms with Crippen molar-refractivity contribution in [3.05, 3.63) is 234 Å². The molecule has 0 radical (unpaired) electrons. The summed E-state index contributed by atoms with van der Waals surface area (Å²) in [5.74, 6) is 0.685. The van der Waals surface area contributed by atoms with Crippen LogP contribution in [0, 0.1) is 6.57 Å². The lowest BCUT2D eigenvalue weighted by Gasteiger charge is -2.31. The van der Waals surface area contributed by atoms with Gasteiger partial charge in [-0.1, -0.05) is 176 Å². The van der Waals surface area contributed by atoms with Crippen LogP contribution in [0.3, 0.4) is 0 Å². The van der Waals surface area contributed by atoms with Gasteiger partial charge in [-0.2, -0.15) is 0 Å². The third-order valence-electron chi connectivity index (χ3n) is 11.7. The first-order chi connectivity index (χ1) is 28.2. The molecule has 57 heavy (non-hydrogen) atoms. The van der Waals surface area contributed by atoms with Gasteiger partial charge < -0.3 is 0 Å². The van der Waals surface area contributed by atoms with Gasteiger partial charge in [-0.15, -0.1) is 0 Å². The van der Waals surface area contributed by atoms with Gasteiger partial charge in [-0.3, -0.25) is 0 Å². The molecule has 0 unspecified atom stereocenters. The number of fused-ring (bicyclic) bond motifs is 10. The molecule has 11 rings (SSSR count). The van der Waals surface area contributed by atoms with Crippen molar-refractivity contribution in [3.63, 3.8) is 0 Å². The maximum Gasteiger partial charge on any atom is 0.195 e. The summed E-state index contributed by atoms with van der Waals surface area (Å²) in [7, 11) is 0. The fourth-order valence-electron chi connectivity index (χ4n) is 9.25. The fourth-order valence-corrected chi connectivity index (χ4v) is 9.25. The lowest BCUT2D eigenvalue weighted by Crippen LogP contribution is -2.25. The lowest BCUT2D eigenvalue weighted by molar-refractivity contribution is 0.794. The molecule has 0 atom stereocenters. The Labute approximate surface area is 332 Å². The molecule has 264 valence electrons. The van der Waals surface area contributed by atoms with Gasteiger partial charge in [0.2, 0.25) is 0 Å². The average molecular weight is 724 g/mol. The van der Waals surface area contributed by atoms with Gasteiger partial charge in [-0.25, -0.2) is 14.8 Å². The first kappa shape index (κ1) is 32.7. The van der Waals surface area contributed by atoms with E-state index in [0.29, 0.717) is 11.5 Å². The van der Waals surface area contributed by atoms with Crippen LogP contribution < -0.4 is 0 Å². The second-order valence-corrected chi connectivity index (χ2v) is 14.8.